The highest BCUT2D eigenvalue weighted by molar-refractivity contribution is 5.74. The Morgan fingerprint density at radius 2 is 1.85 bits per heavy atom. The van der Waals surface area contributed by atoms with Crippen molar-refractivity contribution in [3.8, 4) is 17.2 Å². The van der Waals surface area contributed by atoms with E-state index >= 15 is 0 Å². The van der Waals surface area contributed by atoms with Crippen LogP contribution < -0.4 is 4.74 Å². The number of methoxy groups -OCH3 is 2. The van der Waals surface area contributed by atoms with E-state index < -0.39 is 6.04 Å². The molecule has 0 saturated carbocycles. The lowest BCUT2D eigenvalue weighted by Crippen LogP contribution is -2.22. The summed E-state index contributed by atoms with van der Waals surface area (Å²) in [6.07, 6.45) is 8.94. The Hall–Kier alpha value is -4.06. The van der Waals surface area contributed by atoms with Crippen molar-refractivity contribution < 1.29 is 18.7 Å². The molecular weight excluding hydrogens is 428 g/mol. The topological polar surface area (TPSA) is 66.5 Å². The van der Waals surface area contributed by atoms with Gasteiger partial charge in [-0.05, 0) is 42.8 Å². The molecular formula is C28H28N2O4. The third-order valence-electron chi connectivity index (χ3n) is 5.71. The van der Waals surface area contributed by atoms with E-state index in [9.17, 15) is 4.79 Å². The first kappa shape index (κ1) is 23.1. The lowest BCUT2D eigenvalue weighted by atomic mass is 10.0. The average Bonchev–Trinajstić information content (AvgIpc) is 3.53. The van der Waals surface area contributed by atoms with Crippen LogP contribution in [0.25, 0.3) is 17.5 Å². The van der Waals surface area contributed by atoms with Gasteiger partial charge in [0.25, 0.3) is 0 Å². The Bertz CT molecular complexity index is 1260. The van der Waals surface area contributed by atoms with Crippen LogP contribution in [-0.4, -0.2) is 29.7 Å². The number of rotatable bonds is 9. The number of hydrogen-bond donors (Lipinski definition) is 0. The van der Waals surface area contributed by atoms with E-state index in [0.29, 0.717) is 18.7 Å². The van der Waals surface area contributed by atoms with Crippen LogP contribution >= 0.6 is 0 Å². The molecule has 2 heterocycles. The highest BCUT2D eigenvalue weighted by Gasteiger charge is 2.21. The van der Waals surface area contributed by atoms with Crippen LogP contribution in [0.1, 0.15) is 28.6 Å². The van der Waals surface area contributed by atoms with Crippen LogP contribution in [0.5, 0.6) is 5.75 Å². The number of nitrogens with zero attached hydrogens (tertiary/aromatic N) is 2. The molecule has 2 aromatic heterocycles. The van der Waals surface area contributed by atoms with Crippen molar-refractivity contribution in [1.82, 2.24) is 9.55 Å². The first-order valence-electron chi connectivity index (χ1n) is 11.1. The molecule has 2 aromatic carbocycles. The van der Waals surface area contributed by atoms with Gasteiger partial charge in [0, 0.05) is 36.4 Å². The van der Waals surface area contributed by atoms with Crippen LogP contribution in [0.15, 0.2) is 83.6 Å². The molecule has 0 aliphatic heterocycles. The summed E-state index contributed by atoms with van der Waals surface area (Å²) in [6, 6.07) is 19.2. The Balaban J connectivity index is 1.48. The van der Waals surface area contributed by atoms with Crippen LogP contribution in [0, 0.1) is 6.92 Å². The Morgan fingerprint density at radius 1 is 1.09 bits per heavy atom. The molecule has 0 spiro atoms. The normalized spacial score (nSPS) is 12.1. The summed E-state index contributed by atoms with van der Waals surface area (Å²) in [4.78, 5) is 17.0. The Kier molecular flexibility index (Phi) is 7.28. The second kappa shape index (κ2) is 10.7. The summed E-state index contributed by atoms with van der Waals surface area (Å²) < 4.78 is 18.3. The summed E-state index contributed by atoms with van der Waals surface area (Å²) in [5.41, 5.74) is 3.80. The first-order chi connectivity index (χ1) is 16.6. The quantitative estimate of drug-likeness (QED) is 0.304. The zero-order valence-corrected chi connectivity index (χ0v) is 19.6. The van der Waals surface area contributed by atoms with Crippen molar-refractivity contribution >= 4 is 12.0 Å². The van der Waals surface area contributed by atoms with Gasteiger partial charge in [-0.25, -0.2) is 9.78 Å². The van der Waals surface area contributed by atoms with Crippen LogP contribution in [-0.2, 0) is 22.4 Å². The molecule has 34 heavy (non-hydrogen) atoms. The van der Waals surface area contributed by atoms with E-state index in [4.69, 9.17) is 13.9 Å². The summed E-state index contributed by atoms with van der Waals surface area (Å²) >= 11 is 0. The van der Waals surface area contributed by atoms with Gasteiger partial charge in [-0.15, -0.1) is 0 Å². The number of oxazole rings is 1. The summed E-state index contributed by atoms with van der Waals surface area (Å²) in [7, 11) is 3.06. The standard InChI is InChI=1S/C28H28N2O4/c1-20-24(29-27(34-20)23-10-5-4-6-11-23)13-9-12-22-15-14-21(19-26(22)32-2)18-25(28(31)33-3)30-16-7-8-17-30/h4-12,14-17,19,25H,13,18H2,1-3H3. The smallest absolute Gasteiger partial charge is 0.329 e. The predicted octanol–water partition coefficient (Wildman–Crippen LogP) is 5.67. The molecule has 0 fully saturated rings. The number of benzene rings is 2. The molecule has 0 amide bonds. The third-order valence-corrected chi connectivity index (χ3v) is 5.71. The maximum absolute atomic E-state index is 12.3. The number of carbonyl (C=O) groups excluding carboxylic acids is 1. The number of aryl methyl sites for hydroxylation is 1. The zero-order chi connectivity index (χ0) is 23.9. The van der Waals surface area contributed by atoms with Gasteiger partial charge in [-0.3, -0.25) is 0 Å². The Morgan fingerprint density at radius 3 is 2.56 bits per heavy atom. The minimum Gasteiger partial charge on any atom is -0.496 e. The van der Waals surface area contributed by atoms with Gasteiger partial charge < -0.3 is 18.5 Å². The maximum atomic E-state index is 12.3. The maximum Gasteiger partial charge on any atom is 0.329 e. The Labute approximate surface area is 199 Å². The van der Waals surface area contributed by atoms with Crippen molar-refractivity contribution in [2.75, 3.05) is 14.2 Å². The van der Waals surface area contributed by atoms with E-state index in [-0.39, 0.29) is 5.97 Å². The fraction of sp³-hybridized carbons (Fsp3) is 0.214. The minimum absolute atomic E-state index is 0.281. The second-order valence-electron chi connectivity index (χ2n) is 7.94. The molecule has 0 aliphatic carbocycles. The van der Waals surface area contributed by atoms with Crippen molar-refractivity contribution in [2.24, 2.45) is 0 Å². The van der Waals surface area contributed by atoms with Crippen molar-refractivity contribution in [3.05, 3.63) is 102 Å². The SMILES string of the molecule is COC(=O)C(Cc1ccc(C=CCc2nc(-c3ccccc3)oc2C)c(OC)c1)n1cccc1. The molecule has 6 heteroatoms. The zero-order valence-electron chi connectivity index (χ0n) is 19.6. The molecule has 1 atom stereocenters. The van der Waals surface area contributed by atoms with E-state index in [0.717, 1.165) is 33.9 Å². The predicted molar refractivity (Wildman–Crippen MR) is 132 cm³/mol. The lowest BCUT2D eigenvalue weighted by Gasteiger charge is -2.17. The highest BCUT2D eigenvalue weighted by Crippen LogP contribution is 2.26. The second-order valence-corrected chi connectivity index (χ2v) is 7.94. The van der Waals surface area contributed by atoms with Crippen molar-refractivity contribution in [2.45, 2.75) is 25.8 Å². The average molecular weight is 457 g/mol. The molecule has 0 saturated heterocycles. The number of carbonyl (C=O) groups is 1. The van der Waals surface area contributed by atoms with E-state index in [1.807, 2.05) is 96.7 Å². The molecule has 4 rings (SSSR count). The number of allylic oxidation sites excluding steroid dienone is 1. The van der Waals surface area contributed by atoms with Crippen molar-refractivity contribution in [3.63, 3.8) is 0 Å². The van der Waals surface area contributed by atoms with Crippen LogP contribution in [0.3, 0.4) is 0 Å². The fourth-order valence-corrected chi connectivity index (χ4v) is 3.86. The van der Waals surface area contributed by atoms with Gasteiger partial charge in [0.05, 0.1) is 19.9 Å². The molecule has 4 aromatic rings. The van der Waals surface area contributed by atoms with Crippen LogP contribution in [0.2, 0.25) is 0 Å². The third kappa shape index (κ3) is 5.29. The van der Waals surface area contributed by atoms with Gasteiger partial charge in [-0.1, -0.05) is 42.5 Å². The highest BCUT2D eigenvalue weighted by atomic mass is 16.5. The fourth-order valence-electron chi connectivity index (χ4n) is 3.86. The molecule has 0 aliphatic rings. The molecule has 174 valence electrons. The lowest BCUT2D eigenvalue weighted by molar-refractivity contribution is -0.144. The first-order valence-corrected chi connectivity index (χ1v) is 11.1. The molecule has 0 radical (unpaired) electrons. The number of ether oxygens (including phenoxy) is 2. The summed E-state index contributed by atoms with van der Waals surface area (Å²) in [5, 5.41) is 0. The van der Waals surface area contributed by atoms with Crippen molar-refractivity contribution in [1.29, 1.82) is 0 Å². The van der Waals surface area contributed by atoms with Gasteiger partial charge in [0.2, 0.25) is 5.89 Å². The monoisotopic (exact) mass is 456 g/mol. The van der Waals surface area contributed by atoms with E-state index in [1.165, 1.54) is 7.11 Å². The molecule has 6 nitrogen and oxygen atoms in total. The minimum atomic E-state index is -0.431. The van der Waals surface area contributed by atoms with Gasteiger partial charge in [0.1, 0.15) is 17.6 Å². The number of aromatic nitrogens is 2. The summed E-state index contributed by atoms with van der Waals surface area (Å²) in [6.45, 7) is 1.93. The molecule has 1 unspecified atom stereocenters. The molecule has 0 bridgehead atoms. The largest absolute Gasteiger partial charge is 0.496 e. The molecule has 0 N–H and O–H groups in total. The van der Waals surface area contributed by atoms with E-state index in [2.05, 4.69) is 4.98 Å². The number of hydrogen-bond acceptors (Lipinski definition) is 5. The van der Waals surface area contributed by atoms with Crippen LogP contribution in [0.4, 0.5) is 0 Å². The van der Waals surface area contributed by atoms with E-state index in [1.54, 1.807) is 7.11 Å². The van der Waals surface area contributed by atoms with Gasteiger partial charge >= 0.3 is 5.97 Å². The summed E-state index contributed by atoms with van der Waals surface area (Å²) in [5.74, 6) is 1.90. The van der Waals surface area contributed by atoms with Gasteiger partial charge in [-0.2, -0.15) is 0 Å². The van der Waals surface area contributed by atoms with Gasteiger partial charge in [0.15, 0.2) is 0 Å². The number of esters is 1.